The summed E-state index contributed by atoms with van der Waals surface area (Å²) >= 11 is 0. The minimum Gasteiger partial charge on any atom is -0.458 e. The van der Waals surface area contributed by atoms with Gasteiger partial charge in [-0.3, -0.25) is 4.68 Å². The molecule has 0 bridgehead atoms. The molecule has 0 radical (unpaired) electrons. The summed E-state index contributed by atoms with van der Waals surface area (Å²) < 4.78 is 6.97. The number of aromatic nitrogens is 2. The molecule has 1 aromatic heterocycles. The Morgan fingerprint density at radius 3 is 2.61 bits per heavy atom. The second kappa shape index (κ2) is 4.63. The Labute approximate surface area is 107 Å². The standard InChI is InChI=1S/C13H21N3O2/c1-13(2)6-4-9(5-7-13)18-12(17)11-10(14)8-15-16(11)3/h8-9H,4-7,14H2,1-3H3. The van der Waals surface area contributed by atoms with Crippen molar-refractivity contribution in [1.82, 2.24) is 9.78 Å². The number of anilines is 1. The lowest BCUT2D eigenvalue weighted by molar-refractivity contribution is 0.00854. The molecule has 100 valence electrons. The van der Waals surface area contributed by atoms with Gasteiger partial charge in [0.2, 0.25) is 0 Å². The maximum Gasteiger partial charge on any atom is 0.359 e. The molecule has 0 amide bonds. The molecule has 0 spiro atoms. The Balaban J connectivity index is 1.97. The maximum absolute atomic E-state index is 12.0. The lowest BCUT2D eigenvalue weighted by Gasteiger charge is -2.33. The Hall–Kier alpha value is -1.52. The zero-order valence-corrected chi connectivity index (χ0v) is 11.3. The van der Waals surface area contributed by atoms with Gasteiger partial charge in [0, 0.05) is 7.05 Å². The van der Waals surface area contributed by atoms with Crippen LogP contribution in [-0.4, -0.2) is 21.9 Å². The Kier molecular flexibility index (Phi) is 3.32. The van der Waals surface area contributed by atoms with E-state index in [9.17, 15) is 4.79 Å². The van der Waals surface area contributed by atoms with Crippen molar-refractivity contribution in [2.24, 2.45) is 12.5 Å². The van der Waals surface area contributed by atoms with Gasteiger partial charge in [0.05, 0.1) is 11.9 Å². The molecule has 2 rings (SSSR count). The highest BCUT2D eigenvalue weighted by Crippen LogP contribution is 2.36. The SMILES string of the molecule is Cn1ncc(N)c1C(=O)OC1CCC(C)(C)CC1. The van der Waals surface area contributed by atoms with Crippen LogP contribution in [0.2, 0.25) is 0 Å². The zero-order chi connectivity index (χ0) is 13.3. The summed E-state index contributed by atoms with van der Waals surface area (Å²) in [5, 5.41) is 3.94. The fraction of sp³-hybridized carbons (Fsp3) is 0.692. The third-order valence-corrected chi connectivity index (χ3v) is 3.72. The summed E-state index contributed by atoms with van der Waals surface area (Å²) in [7, 11) is 1.69. The molecule has 0 saturated heterocycles. The van der Waals surface area contributed by atoms with E-state index in [1.54, 1.807) is 7.05 Å². The molecule has 18 heavy (non-hydrogen) atoms. The molecule has 1 aliphatic rings. The van der Waals surface area contributed by atoms with Crippen LogP contribution < -0.4 is 5.73 Å². The Bertz CT molecular complexity index is 422. The molecule has 0 aromatic carbocycles. The van der Waals surface area contributed by atoms with Crippen LogP contribution in [0.4, 0.5) is 5.69 Å². The van der Waals surface area contributed by atoms with Crippen LogP contribution in [-0.2, 0) is 11.8 Å². The largest absolute Gasteiger partial charge is 0.458 e. The summed E-state index contributed by atoms with van der Waals surface area (Å²) in [6.45, 7) is 4.51. The molecular weight excluding hydrogens is 230 g/mol. The van der Waals surface area contributed by atoms with E-state index in [1.165, 1.54) is 10.9 Å². The lowest BCUT2D eigenvalue weighted by atomic mass is 9.76. The van der Waals surface area contributed by atoms with Crippen molar-refractivity contribution >= 4 is 11.7 Å². The molecule has 0 atom stereocenters. The molecule has 5 heteroatoms. The van der Waals surface area contributed by atoms with Gasteiger partial charge in [-0.2, -0.15) is 5.10 Å². The summed E-state index contributed by atoms with van der Waals surface area (Å²) in [4.78, 5) is 12.0. The number of hydrogen-bond donors (Lipinski definition) is 1. The third-order valence-electron chi connectivity index (χ3n) is 3.72. The van der Waals surface area contributed by atoms with Crippen LogP contribution >= 0.6 is 0 Å². The van der Waals surface area contributed by atoms with E-state index in [0.717, 1.165) is 25.7 Å². The minimum atomic E-state index is -0.364. The van der Waals surface area contributed by atoms with Gasteiger partial charge >= 0.3 is 5.97 Å². The van der Waals surface area contributed by atoms with Crippen molar-refractivity contribution in [2.45, 2.75) is 45.6 Å². The van der Waals surface area contributed by atoms with Crippen LogP contribution in [0, 0.1) is 5.41 Å². The van der Waals surface area contributed by atoms with Gasteiger partial charge in [-0.05, 0) is 31.1 Å². The molecule has 1 aliphatic carbocycles. The number of aryl methyl sites for hydroxylation is 1. The van der Waals surface area contributed by atoms with Crippen molar-refractivity contribution < 1.29 is 9.53 Å². The average Bonchev–Trinajstić information content (AvgIpc) is 2.62. The minimum absolute atomic E-state index is 0.0137. The lowest BCUT2D eigenvalue weighted by Crippen LogP contribution is -2.29. The van der Waals surface area contributed by atoms with E-state index in [4.69, 9.17) is 10.5 Å². The number of hydrogen-bond acceptors (Lipinski definition) is 4. The third kappa shape index (κ3) is 2.66. The molecular formula is C13H21N3O2. The van der Waals surface area contributed by atoms with Gasteiger partial charge in [0.1, 0.15) is 6.10 Å². The number of nitrogen functional groups attached to an aromatic ring is 1. The van der Waals surface area contributed by atoms with E-state index in [2.05, 4.69) is 18.9 Å². The number of nitrogens with zero attached hydrogens (tertiary/aromatic N) is 2. The quantitative estimate of drug-likeness (QED) is 0.817. The van der Waals surface area contributed by atoms with Crippen LogP contribution in [0.5, 0.6) is 0 Å². The van der Waals surface area contributed by atoms with Crippen molar-refractivity contribution in [3.8, 4) is 0 Å². The molecule has 1 fully saturated rings. The van der Waals surface area contributed by atoms with Crippen molar-refractivity contribution in [3.05, 3.63) is 11.9 Å². The normalized spacial score (nSPS) is 19.7. The van der Waals surface area contributed by atoms with E-state index in [0.29, 0.717) is 16.8 Å². The van der Waals surface area contributed by atoms with Gasteiger partial charge in [0.25, 0.3) is 0 Å². The van der Waals surface area contributed by atoms with E-state index in [-0.39, 0.29) is 12.1 Å². The fourth-order valence-corrected chi connectivity index (χ4v) is 2.40. The van der Waals surface area contributed by atoms with Gasteiger partial charge in [-0.15, -0.1) is 0 Å². The smallest absolute Gasteiger partial charge is 0.359 e. The van der Waals surface area contributed by atoms with E-state index >= 15 is 0 Å². The summed E-state index contributed by atoms with van der Waals surface area (Å²) in [6, 6.07) is 0. The second-order valence-electron chi connectivity index (χ2n) is 5.84. The van der Waals surface area contributed by atoms with E-state index < -0.39 is 0 Å². The first-order valence-electron chi connectivity index (χ1n) is 6.37. The first-order chi connectivity index (χ1) is 8.39. The average molecular weight is 251 g/mol. The highest BCUT2D eigenvalue weighted by Gasteiger charge is 2.30. The summed E-state index contributed by atoms with van der Waals surface area (Å²) in [5.74, 6) is -0.364. The summed E-state index contributed by atoms with van der Waals surface area (Å²) in [5.41, 5.74) is 6.80. The van der Waals surface area contributed by atoms with Crippen LogP contribution in [0.3, 0.4) is 0 Å². The number of nitrogens with two attached hydrogens (primary N) is 1. The highest BCUT2D eigenvalue weighted by atomic mass is 16.5. The fourth-order valence-electron chi connectivity index (χ4n) is 2.40. The molecule has 0 aliphatic heterocycles. The number of rotatable bonds is 2. The highest BCUT2D eigenvalue weighted by molar-refractivity contribution is 5.93. The first-order valence-corrected chi connectivity index (χ1v) is 6.37. The zero-order valence-electron chi connectivity index (χ0n) is 11.3. The molecule has 1 heterocycles. The van der Waals surface area contributed by atoms with Gasteiger partial charge < -0.3 is 10.5 Å². The predicted octanol–water partition coefficient (Wildman–Crippen LogP) is 2.13. The number of ether oxygens (including phenoxy) is 1. The maximum atomic E-state index is 12.0. The van der Waals surface area contributed by atoms with Gasteiger partial charge in [-0.1, -0.05) is 13.8 Å². The van der Waals surface area contributed by atoms with Crippen LogP contribution in [0.1, 0.15) is 50.0 Å². The van der Waals surface area contributed by atoms with Crippen molar-refractivity contribution in [1.29, 1.82) is 0 Å². The van der Waals surface area contributed by atoms with Crippen molar-refractivity contribution in [3.63, 3.8) is 0 Å². The van der Waals surface area contributed by atoms with Crippen LogP contribution in [0.25, 0.3) is 0 Å². The van der Waals surface area contributed by atoms with Gasteiger partial charge in [-0.25, -0.2) is 4.79 Å². The van der Waals surface area contributed by atoms with E-state index in [1.807, 2.05) is 0 Å². The molecule has 0 unspecified atom stereocenters. The first kappa shape index (κ1) is 12.9. The molecule has 2 N–H and O–H groups in total. The second-order valence-corrected chi connectivity index (χ2v) is 5.84. The molecule has 1 aromatic rings. The summed E-state index contributed by atoms with van der Waals surface area (Å²) in [6.07, 6.45) is 5.52. The Morgan fingerprint density at radius 2 is 2.11 bits per heavy atom. The van der Waals surface area contributed by atoms with Crippen molar-refractivity contribution in [2.75, 3.05) is 5.73 Å². The Morgan fingerprint density at radius 1 is 1.50 bits per heavy atom. The number of carbonyl (C=O) groups is 1. The van der Waals surface area contributed by atoms with Crippen LogP contribution in [0.15, 0.2) is 6.20 Å². The number of esters is 1. The topological polar surface area (TPSA) is 70.1 Å². The monoisotopic (exact) mass is 251 g/mol. The molecule has 5 nitrogen and oxygen atoms in total. The predicted molar refractivity (Wildman–Crippen MR) is 69.1 cm³/mol. The van der Waals surface area contributed by atoms with Gasteiger partial charge in [0.15, 0.2) is 5.69 Å². The molecule has 1 saturated carbocycles. The number of carbonyl (C=O) groups excluding carboxylic acids is 1.